The number of nitrogens with zero attached hydrogens (tertiary/aromatic N) is 1. The summed E-state index contributed by atoms with van der Waals surface area (Å²) in [6, 6.07) is 23.6. The van der Waals surface area contributed by atoms with Gasteiger partial charge in [-0.2, -0.15) is 4.31 Å². The van der Waals surface area contributed by atoms with E-state index in [1.807, 2.05) is 67.6 Å². The summed E-state index contributed by atoms with van der Waals surface area (Å²) >= 11 is 0. The van der Waals surface area contributed by atoms with Crippen molar-refractivity contribution in [1.82, 2.24) is 14.9 Å². The van der Waals surface area contributed by atoms with Crippen LogP contribution in [-0.4, -0.2) is 60.9 Å². The van der Waals surface area contributed by atoms with Crippen molar-refractivity contribution in [2.75, 3.05) is 13.1 Å². The van der Waals surface area contributed by atoms with Gasteiger partial charge < -0.3 is 15.7 Å². The molecule has 1 aliphatic rings. The second-order valence-electron chi connectivity index (χ2n) is 9.86. The molecule has 9 heteroatoms. The Morgan fingerprint density at radius 2 is 1.56 bits per heavy atom. The molecule has 3 atom stereocenters. The molecule has 3 aromatic rings. The molecule has 1 aliphatic heterocycles. The molecule has 3 aromatic carbocycles. The predicted molar refractivity (Wildman–Crippen MR) is 149 cm³/mol. The molecule has 206 valence electrons. The fraction of sp³-hybridized carbons (Fsp3) is 0.333. The second-order valence-corrected chi connectivity index (χ2v) is 11.8. The number of hydrogen-bond acceptors (Lipinski definition) is 5. The molecule has 1 unspecified atom stereocenters. The maximum atomic E-state index is 13.5. The van der Waals surface area contributed by atoms with Crippen LogP contribution in [0, 0.1) is 6.92 Å². The SMILES string of the molecule is Cc1ccc(S(=O)(=O)N2CCC[C@@H]2C(=O)N[C@@H](Cc2ccccc2)C(O)C(=O)NCCc2ccccc2)cc1. The Balaban J connectivity index is 1.47. The number of sulfonamides is 1. The fourth-order valence-electron chi connectivity index (χ4n) is 4.79. The van der Waals surface area contributed by atoms with Gasteiger partial charge in [0.1, 0.15) is 6.04 Å². The molecule has 39 heavy (non-hydrogen) atoms. The summed E-state index contributed by atoms with van der Waals surface area (Å²) < 4.78 is 27.9. The number of carbonyl (C=O) groups excluding carboxylic acids is 2. The molecule has 0 saturated carbocycles. The number of aliphatic hydroxyl groups is 1. The van der Waals surface area contributed by atoms with Gasteiger partial charge in [-0.05, 0) is 55.9 Å². The van der Waals surface area contributed by atoms with E-state index in [1.54, 1.807) is 24.3 Å². The van der Waals surface area contributed by atoms with Gasteiger partial charge in [-0.25, -0.2) is 8.42 Å². The van der Waals surface area contributed by atoms with Crippen LogP contribution in [0.5, 0.6) is 0 Å². The first-order valence-corrected chi connectivity index (χ1v) is 14.6. The lowest BCUT2D eigenvalue weighted by Gasteiger charge is -2.28. The van der Waals surface area contributed by atoms with Gasteiger partial charge in [0, 0.05) is 13.1 Å². The number of nitrogens with one attached hydrogen (secondary N) is 2. The Bertz CT molecular complexity index is 1350. The number of benzene rings is 3. The minimum atomic E-state index is -3.89. The van der Waals surface area contributed by atoms with Crippen LogP contribution in [0.1, 0.15) is 29.5 Å². The van der Waals surface area contributed by atoms with Crippen LogP contribution in [0.4, 0.5) is 0 Å². The molecule has 0 spiro atoms. The van der Waals surface area contributed by atoms with Crippen LogP contribution in [0.15, 0.2) is 89.8 Å². The van der Waals surface area contributed by atoms with E-state index in [9.17, 15) is 23.1 Å². The maximum Gasteiger partial charge on any atom is 0.251 e. The summed E-state index contributed by atoms with van der Waals surface area (Å²) in [5, 5.41) is 16.6. The van der Waals surface area contributed by atoms with Crippen molar-refractivity contribution in [1.29, 1.82) is 0 Å². The highest BCUT2D eigenvalue weighted by molar-refractivity contribution is 7.89. The van der Waals surface area contributed by atoms with E-state index < -0.39 is 40.0 Å². The molecular formula is C30H35N3O5S. The molecule has 0 aromatic heterocycles. The van der Waals surface area contributed by atoms with Crippen molar-refractivity contribution in [3.8, 4) is 0 Å². The third-order valence-corrected chi connectivity index (χ3v) is 8.89. The van der Waals surface area contributed by atoms with Gasteiger partial charge in [0.25, 0.3) is 5.91 Å². The van der Waals surface area contributed by atoms with Crippen LogP contribution in [-0.2, 0) is 32.5 Å². The first-order chi connectivity index (χ1) is 18.8. The zero-order valence-corrected chi connectivity index (χ0v) is 22.8. The average Bonchev–Trinajstić information content (AvgIpc) is 3.45. The minimum Gasteiger partial charge on any atom is -0.381 e. The fourth-order valence-corrected chi connectivity index (χ4v) is 6.44. The van der Waals surface area contributed by atoms with Crippen LogP contribution < -0.4 is 10.6 Å². The van der Waals surface area contributed by atoms with Crippen molar-refractivity contribution >= 4 is 21.8 Å². The first kappa shape index (κ1) is 28.5. The van der Waals surface area contributed by atoms with Crippen LogP contribution in [0.2, 0.25) is 0 Å². The molecule has 4 rings (SSSR count). The first-order valence-electron chi connectivity index (χ1n) is 13.2. The molecule has 3 N–H and O–H groups in total. The Morgan fingerprint density at radius 1 is 0.949 bits per heavy atom. The van der Waals surface area contributed by atoms with Crippen molar-refractivity contribution in [3.05, 3.63) is 102 Å². The Morgan fingerprint density at radius 3 is 2.21 bits per heavy atom. The highest BCUT2D eigenvalue weighted by Gasteiger charge is 2.41. The zero-order chi connectivity index (χ0) is 27.8. The van der Waals surface area contributed by atoms with Crippen LogP contribution in [0.25, 0.3) is 0 Å². The van der Waals surface area contributed by atoms with Crippen molar-refractivity contribution in [2.45, 2.75) is 55.7 Å². The third kappa shape index (κ3) is 7.32. The van der Waals surface area contributed by atoms with E-state index in [-0.39, 0.29) is 17.9 Å². The van der Waals surface area contributed by atoms with E-state index in [2.05, 4.69) is 10.6 Å². The predicted octanol–water partition coefficient (Wildman–Crippen LogP) is 2.60. The largest absolute Gasteiger partial charge is 0.381 e. The van der Waals surface area contributed by atoms with Gasteiger partial charge in [0.05, 0.1) is 10.9 Å². The number of aryl methyl sites for hydroxylation is 1. The van der Waals surface area contributed by atoms with E-state index in [0.29, 0.717) is 25.8 Å². The molecule has 0 radical (unpaired) electrons. The standard InChI is InChI=1S/C30H35N3O5S/c1-22-14-16-25(17-15-22)39(37,38)33-20-8-13-27(33)29(35)32-26(21-24-11-6-3-7-12-24)28(34)30(36)31-19-18-23-9-4-2-5-10-23/h2-7,9-12,14-17,26-28,34H,8,13,18-21H2,1H3,(H,31,36)(H,32,35)/t26-,27+,28?/m0/s1. The van der Waals surface area contributed by atoms with Gasteiger partial charge in [0.15, 0.2) is 6.10 Å². The normalized spacial score (nSPS) is 17.3. The Kier molecular flexibility index (Phi) is 9.50. The summed E-state index contributed by atoms with van der Waals surface area (Å²) in [4.78, 5) is 26.5. The molecular weight excluding hydrogens is 514 g/mol. The van der Waals surface area contributed by atoms with Crippen LogP contribution >= 0.6 is 0 Å². The summed E-state index contributed by atoms with van der Waals surface area (Å²) in [6.45, 7) is 2.43. The molecule has 1 fully saturated rings. The van der Waals surface area contributed by atoms with Gasteiger partial charge in [-0.3, -0.25) is 9.59 Å². The van der Waals surface area contributed by atoms with E-state index >= 15 is 0 Å². The van der Waals surface area contributed by atoms with Crippen molar-refractivity contribution in [2.24, 2.45) is 0 Å². The molecule has 8 nitrogen and oxygen atoms in total. The monoisotopic (exact) mass is 549 g/mol. The van der Waals surface area contributed by atoms with Crippen molar-refractivity contribution in [3.63, 3.8) is 0 Å². The highest BCUT2D eigenvalue weighted by atomic mass is 32.2. The molecule has 2 amide bonds. The van der Waals surface area contributed by atoms with Crippen molar-refractivity contribution < 1.29 is 23.1 Å². The van der Waals surface area contributed by atoms with Gasteiger partial charge in [-0.15, -0.1) is 0 Å². The number of hydrogen-bond donors (Lipinski definition) is 3. The number of amides is 2. The summed E-state index contributed by atoms with van der Waals surface area (Å²) in [5.41, 5.74) is 2.82. The smallest absolute Gasteiger partial charge is 0.251 e. The number of rotatable bonds is 11. The zero-order valence-electron chi connectivity index (χ0n) is 22.0. The highest BCUT2D eigenvalue weighted by Crippen LogP contribution is 2.27. The molecule has 0 bridgehead atoms. The summed E-state index contributed by atoms with van der Waals surface area (Å²) in [5.74, 6) is -1.12. The number of carbonyl (C=O) groups is 2. The van der Waals surface area contributed by atoms with E-state index in [0.717, 1.165) is 16.7 Å². The topological polar surface area (TPSA) is 116 Å². The van der Waals surface area contributed by atoms with Gasteiger partial charge in [-0.1, -0.05) is 78.4 Å². The lowest BCUT2D eigenvalue weighted by Crippen LogP contribution is -2.55. The molecule has 1 heterocycles. The molecule has 0 aliphatic carbocycles. The quantitative estimate of drug-likeness (QED) is 0.340. The Hall–Kier alpha value is -3.53. The van der Waals surface area contributed by atoms with Gasteiger partial charge >= 0.3 is 0 Å². The number of aliphatic hydroxyl groups excluding tert-OH is 1. The summed E-state index contributed by atoms with van der Waals surface area (Å²) in [6.07, 6.45) is 0.178. The minimum absolute atomic E-state index is 0.131. The third-order valence-electron chi connectivity index (χ3n) is 6.97. The lowest BCUT2D eigenvalue weighted by atomic mass is 10.00. The van der Waals surface area contributed by atoms with Crippen LogP contribution in [0.3, 0.4) is 0 Å². The average molecular weight is 550 g/mol. The molecule has 1 saturated heterocycles. The Labute approximate surface area is 230 Å². The lowest BCUT2D eigenvalue weighted by molar-refractivity contribution is -0.132. The van der Waals surface area contributed by atoms with E-state index in [4.69, 9.17) is 0 Å². The van der Waals surface area contributed by atoms with Gasteiger partial charge in [0.2, 0.25) is 15.9 Å². The maximum absolute atomic E-state index is 13.5. The second kappa shape index (κ2) is 13.0. The van der Waals surface area contributed by atoms with E-state index in [1.165, 1.54) is 4.31 Å². The summed E-state index contributed by atoms with van der Waals surface area (Å²) in [7, 11) is -3.89.